The third-order valence-electron chi connectivity index (χ3n) is 13.0. The van der Waals surface area contributed by atoms with Crippen LogP contribution in [0, 0.1) is 22.7 Å². The number of hydrogen-bond acceptors (Lipinski definition) is 16. The molecule has 4 fully saturated rings. The molecule has 1 aromatic carbocycles. The summed E-state index contributed by atoms with van der Waals surface area (Å²) in [5.74, 6) is -4.18. The summed E-state index contributed by atoms with van der Waals surface area (Å²) in [5.41, 5.74) is -8.28. The number of esters is 2. The zero-order valence-electron chi connectivity index (χ0n) is 37.3. The van der Waals surface area contributed by atoms with Gasteiger partial charge in [0.2, 0.25) is 5.60 Å². The zero-order chi connectivity index (χ0) is 46.1. The number of benzene rings is 1. The summed E-state index contributed by atoms with van der Waals surface area (Å²) < 4.78 is 49.3. The first kappa shape index (κ1) is 46.6. The molecule has 2 saturated carbocycles. The zero-order valence-corrected chi connectivity index (χ0v) is 37.3. The Morgan fingerprint density at radius 1 is 1.03 bits per heavy atom. The van der Waals surface area contributed by atoms with Crippen LogP contribution in [0.4, 0.5) is 14.4 Å². The van der Waals surface area contributed by atoms with Crippen LogP contribution in [0.25, 0.3) is 0 Å². The first-order chi connectivity index (χ1) is 28.7. The lowest BCUT2D eigenvalue weighted by Gasteiger charge is -2.67. The molecule has 2 unspecified atom stereocenters. The van der Waals surface area contributed by atoms with Gasteiger partial charge in [0.25, 0.3) is 0 Å². The SMILES string of the molecule is CC(=O)O[C@@]12COC1C[C@H](O)[C@@]1(C)C(=O)[C@H](OC(=O)N(C)C)C3=C(C)[C@@H](OC(=O)[C@H](O)[C@H](CC(C)C)NC(=O)OC(C)(C)C)[C@@H]4OC(=O)O[C@]4([C@@H](Oc4ccccc4)C21)C3(C)C. The maximum Gasteiger partial charge on any atom is 0.509 e. The van der Waals surface area contributed by atoms with Crippen LogP contribution in [0.15, 0.2) is 41.5 Å². The Balaban J connectivity index is 1.62. The van der Waals surface area contributed by atoms with Crippen molar-refractivity contribution in [1.82, 2.24) is 10.2 Å². The number of rotatable bonds is 10. The van der Waals surface area contributed by atoms with Gasteiger partial charge in [0.15, 0.2) is 41.9 Å². The third kappa shape index (κ3) is 7.65. The Morgan fingerprint density at radius 2 is 1.68 bits per heavy atom. The summed E-state index contributed by atoms with van der Waals surface area (Å²) in [6, 6.07) is 7.12. The predicted octanol–water partition coefficient (Wildman–Crippen LogP) is 4.01. The van der Waals surface area contributed by atoms with E-state index in [1.54, 1.807) is 65.0 Å². The molecule has 2 bridgehead atoms. The number of hydrogen-bond donors (Lipinski definition) is 3. The Morgan fingerprint density at radius 3 is 2.23 bits per heavy atom. The molecule has 1 spiro atoms. The van der Waals surface area contributed by atoms with Gasteiger partial charge in [-0.3, -0.25) is 9.59 Å². The van der Waals surface area contributed by atoms with E-state index in [4.69, 9.17) is 37.9 Å². The van der Waals surface area contributed by atoms with E-state index in [0.29, 0.717) is 0 Å². The molecule has 342 valence electrons. The van der Waals surface area contributed by atoms with Crippen molar-refractivity contribution in [2.75, 3.05) is 20.7 Å². The Labute approximate surface area is 360 Å². The van der Waals surface area contributed by atoms with Crippen LogP contribution >= 0.6 is 0 Å². The topological polar surface area (TPSA) is 232 Å². The van der Waals surface area contributed by atoms with E-state index in [1.807, 2.05) is 13.8 Å². The maximum absolute atomic E-state index is 15.8. The van der Waals surface area contributed by atoms with Crippen molar-refractivity contribution in [3.63, 3.8) is 0 Å². The fourth-order valence-electron chi connectivity index (χ4n) is 10.3. The van der Waals surface area contributed by atoms with Crippen LogP contribution in [0.5, 0.6) is 5.75 Å². The van der Waals surface area contributed by atoms with Crippen LogP contribution in [-0.4, -0.2) is 137 Å². The maximum atomic E-state index is 15.8. The second-order valence-electron chi connectivity index (χ2n) is 19.3. The van der Waals surface area contributed by atoms with Gasteiger partial charge >= 0.3 is 30.3 Å². The molecule has 62 heavy (non-hydrogen) atoms. The normalized spacial score (nSPS) is 34.2. The molecule has 18 heteroatoms. The molecule has 0 radical (unpaired) electrons. The number of ketones is 1. The lowest BCUT2D eigenvalue weighted by molar-refractivity contribution is -0.343. The minimum atomic E-state index is -2.17. The highest BCUT2D eigenvalue weighted by Gasteiger charge is 2.83. The largest absolute Gasteiger partial charge is 0.509 e. The molecule has 2 saturated heterocycles. The van der Waals surface area contributed by atoms with Crippen LogP contribution in [0.2, 0.25) is 0 Å². The van der Waals surface area contributed by atoms with Gasteiger partial charge in [-0.2, -0.15) is 0 Å². The van der Waals surface area contributed by atoms with Gasteiger partial charge in [-0.15, -0.1) is 0 Å². The average molecular weight is 873 g/mol. The molecule has 2 amide bonds. The van der Waals surface area contributed by atoms with E-state index in [2.05, 4.69) is 5.32 Å². The molecular weight excluding hydrogens is 812 g/mol. The molecule has 2 heterocycles. The van der Waals surface area contributed by atoms with E-state index in [9.17, 15) is 34.2 Å². The number of nitrogens with zero attached hydrogens (tertiary/aromatic N) is 1. The number of aliphatic hydroxyl groups is 2. The number of carbonyl (C=O) groups excluding carboxylic acids is 6. The highest BCUT2D eigenvalue weighted by molar-refractivity contribution is 5.95. The summed E-state index contributed by atoms with van der Waals surface area (Å²) in [4.78, 5) is 85.0. The van der Waals surface area contributed by atoms with E-state index >= 15 is 4.79 Å². The molecule has 12 atom stereocenters. The molecule has 1 aromatic rings. The third-order valence-corrected chi connectivity index (χ3v) is 13.0. The van der Waals surface area contributed by atoms with Crippen molar-refractivity contribution in [1.29, 1.82) is 0 Å². The molecule has 3 aliphatic carbocycles. The second-order valence-corrected chi connectivity index (χ2v) is 19.3. The minimum Gasteiger partial charge on any atom is -0.486 e. The van der Waals surface area contributed by atoms with Crippen molar-refractivity contribution < 1.29 is 76.9 Å². The number of alkyl carbamates (subject to hydrolysis) is 1. The molecule has 3 N–H and O–H groups in total. The molecule has 2 aliphatic heterocycles. The fraction of sp³-hybridized carbons (Fsp3) is 0.682. The standard InChI is InChI=1S/C44H60N2O16/c1-21(2)18-25(45-37(52)61-40(5,6)7)29(49)36(51)57-30-22(3)28-31(58-38(53)46(11)12)33(50)42(10)26(48)19-27-43(20-55-27,60-23(4)47)32(42)35(56-24-16-14-13-15-17-24)44(41(28,8)9)34(30)59-39(54)62-44/h13-17,21,25-27,29-32,34-35,48-49H,18-20H2,1-12H3,(H,45,52)/t25-,26-,27?,29+,30+,31+,32?,34-,35-,42+,43-,44+/m0/s1. The van der Waals surface area contributed by atoms with Crippen LogP contribution in [-0.2, 0) is 47.5 Å². The Bertz CT molecular complexity index is 1990. The predicted molar refractivity (Wildman–Crippen MR) is 215 cm³/mol. The van der Waals surface area contributed by atoms with Crippen molar-refractivity contribution in [3.8, 4) is 5.75 Å². The number of aliphatic hydroxyl groups excluding tert-OH is 2. The summed E-state index contributed by atoms with van der Waals surface area (Å²) in [6.45, 7) is 15.8. The van der Waals surface area contributed by atoms with Crippen LogP contribution < -0.4 is 10.1 Å². The summed E-state index contributed by atoms with van der Waals surface area (Å²) in [7, 11) is 2.82. The van der Waals surface area contributed by atoms with E-state index in [-0.39, 0.29) is 42.3 Å². The van der Waals surface area contributed by atoms with E-state index in [1.165, 1.54) is 34.9 Å². The van der Waals surface area contributed by atoms with Crippen LogP contribution in [0.3, 0.4) is 0 Å². The van der Waals surface area contributed by atoms with Crippen LogP contribution in [0.1, 0.15) is 82.1 Å². The van der Waals surface area contributed by atoms with Gasteiger partial charge in [0.1, 0.15) is 17.5 Å². The monoisotopic (exact) mass is 872 g/mol. The molecule has 5 aliphatic rings. The van der Waals surface area contributed by atoms with Gasteiger partial charge < -0.3 is 58.3 Å². The number of Topliss-reactive ketones (excluding diaryl/α,β-unsaturated/α-hetero) is 1. The summed E-state index contributed by atoms with van der Waals surface area (Å²) in [6.07, 6.45) is -14.4. The Kier molecular flexibility index (Phi) is 12.3. The molecule has 0 aromatic heterocycles. The summed E-state index contributed by atoms with van der Waals surface area (Å²) >= 11 is 0. The quantitative estimate of drug-likeness (QED) is 0.171. The smallest absolute Gasteiger partial charge is 0.486 e. The molecule has 6 rings (SSSR count). The highest BCUT2D eigenvalue weighted by atomic mass is 16.8. The molecule has 18 nitrogen and oxygen atoms in total. The van der Waals surface area contributed by atoms with Gasteiger partial charge in [-0.1, -0.05) is 45.9 Å². The second kappa shape index (κ2) is 16.3. The number of fused-ring (bicyclic) bond motifs is 4. The lowest BCUT2D eigenvalue weighted by Crippen LogP contribution is -2.83. The van der Waals surface area contributed by atoms with E-state index in [0.717, 1.165) is 4.90 Å². The lowest BCUT2D eigenvalue weighted by atomic mass is 9.44. The number of carbonyl (C=O) groups is 6. The van der Waals surface area contributed by atoms with Gasteiger partial charge in [0.05, 0.1) is 30.1 Å². The number of amides is 2. The first-order valence-electron chi connectivity index (χ1n) is 20.8. The fourth-order valence-corrected chi connectivity index (χ4v) is 10.3. The number of nitrogens with one attached hydrogen (secondary N) is 1. The minimum absolute atomic E-state index is 0.0345. The van der Waals surface area contributed by atoms with Gasteiger partial charge in [-0.25, -0.2) is 19.2 Å². The number of para-hydroxylation sites is 1. The van der Waals surface area contributed by atoms with Gasteiger partial charge in [-0.05, 0) is 70.2 Å². The van der Waals surface area contributed by atoms with Gasteiger partial charge in [0, 0.05) is 32.9 Å². The molecular formula is C44H60N2O16. The van der Waals surface area contributed by atoms with Crippen molar-refractivity contribution >= 4 is 36.1 Å². The summed E-state index contributed by atoms with van der Waals surface area (Å²) in [5, 5.41) is 26.5. The average Bonchev–Trinajstić information content (AvgIpc) is 3.52. The van der Waals surface area contributed by atoms with Crippen molar-refractivity contribution in [2.24, 2.45) is 22.7 Å². The van der Waals surface area contributed by atoms with E-state index < -0.39 is 118 Å². The first-order valence-corrected chi connectivity index (χ1v) is 20.8. The van der Waals surface area contributed by atoms with Crippen molar-refractivity contribution in [2.45, 2.75) is 148 Å². The highest BCUT2D eigenvalue weighted by Crippen LogP contribution is 2.66. The van der Waals surface area contributed by atoms with Crippen molar-refractivity contribution in [3.05, 3.63) is 41.5 Å². The number of ether oxygens (including phenoxy) is 8. The Hall–Kier alpha value is -4.94.